The van der Waals surface area contributed by atoms with Crippen LogP contribution in [0.25, 0.3) is 10.2 Å². The Bertz CT molecular complexity index is 2510. The number of nitro groups is 1. The first-order chi connectivity index (χ1) is 27.4. The molecule has 1 aliphatic rings. The molecule has 1 aliphatic heterocycles. The van der Waals surface area contributed by atoms with Crippen molar-refractivity contribution in [3.8, 4) is 5.75 Å². The molecule has 6 aromatic rings. The average molecular weight is 828 g/mol. The predicted molar refractivity (Wildman–Crippen MR) is 219 cm³/mol. The van der Waals surface area contributed by atoms with Crippen molar-refractivity contribution in [3.63, 3.8) is 0 Å². The first kappa shape index (κ1) is 39.2. The van der Waals surface area contributed by atoms with Crippen molar-refractivity contribution in [1.82, 2.24) is 24.6 Å². The summed E-state index contributed by atoms with van der Waals surface area (Å²) in [7, 11) is -0.725. The number of aromatic nitrogens is 3. The number of benzene rings is 3. The van der Waals surface area contributed by atoms with Crippen LogP contribution in [0.1, 0.15) is 38.4 Å². The van der Waals surface area contributed by atoms with E-state index >= 15 is 0 Å². The van der Waals surface area contributed by atoms with Gasteiger partial charge in [0, 0.05) is 42.5 Å². The molecule has 57 heavy (non-hydrogen) atoms. The van der Waals surface area contributed by atoms with E-state index in [1.807, 2.05) is 71.1 Å². The standard InChI is InChI=1S/C38H37N9O7S3/c1-45(2)17-15-25(22-54-26-8-4-3-5-9-26)40-30-12-11-27(19-33(30)47(50)51)57(52,53)44-36(49)32-23-55-38(42-32)46-18-14-24-7-6-10-28(29(24)21-46)35(48)43-37-41-31-13-16-39-20-34(31)56-37/h3-13,16,19-20,23,25,40H,14-15,17-18,21-22H2,1-2H3,(H,44,49)(H,41,43,48)/t25-/m1/s1. The summed E-state index contributed by atoms with van der Waals surface area (Å²) in [4.78, 5) is 54.7. The van der Waals surface area contributed by atoms with E-state index in [4.69, 9.17) is 4.74 Å². The molecule has 0 radical (unpaired) electrons. The van der Waals surface area contributed by atoms with Crippen LogP contribution < -0.4 is 25.0 Å². The Balaban J connectivity index is 1.02. The van der Waals surface area contributed by atoms with Gasteiger partial charge in [0.25, 0.3) is 27.5 Å². The second-order valence-corrected chi connectivity index (χ2v) is 16.9. The number of hydrogen-bond donors (Lipinski definition) is 3. The molecule has 3 N–H and O–H groups in total. The summed E-state index contributed by atoms with van der Waals surface area (Å²) < 4.78 is 35.6. The smallest absolute Gasteiger partial charge is 0.293 e. The molecule has 16 nitrogen and oxygen atoms in total. The predicted octanol–water partition coefficient (Wildman–Crippen LogP) is 5.80. The van der Waals surface area contributed by atoms with Crippen LogP contribution in [0.2, 0.25) is 0 Å². The van der Waals surface area contributed by atoms with Crippen LogP contribution in [0.3, 0.4) is 0 Å². The summed E-state index contributed by atoms with van der Waals surface area (Å²) in [6, 6.07) is 19.5. The zero-order chi connectivity index (χ0) is 40.1. The zero-order valence-corrected chi connectivity index (χ0v) is 33.2. The van der Waals surface area contributed by atoms with Crippen LogP contribution in [0.4, 0.5) is 21.6 Å². The number of nitrogens with one attached hydrogen (secondary N) is 3. The quantitative estimate of drug-likeness (QED) is 0.0829. The van der Waals surface area contributed by atoms with Crippen LogP contribution in [-0.4, -0.2) is 84.8 Å². The van der Waals surface area contributed by atoms with Crippen molar-refractivity contribution >= 4 is 76.4 Å². The molecule has 1 atom stereocenters. The summed E-state index contributed by atoms with van der Waals surface area (Å²) >= 11 is 2.48. The van der Waals surface area contributed by atoms with E-state index in [9.17, 15) is 28.1 Å². The van der Waals surface area contributed by atoms with Gasteiger partial charge in [0.1, 0.15) is 23.7 Å². The second-order valence-electron chi connectivity index (χ2n) is 13.4. The number of para-hydroxylation sites is 1. The van der Waals surface area contributed by atoms with Crippen LogP contribution in [0.15, 0.2) is 95.5 Å². The molecule has 0 saturated heterocycles. The van der Waals surface area contributed by atoms with E-state index in [1.54, 1.807) is 24.5 Å². The molecular formula is C38H37N9O7S3. The number of amides is 2. The Morgan fingerprint density at radius 3 is 2.65 bits per heavy atom. The highest BCUT2D eigenvalue weighted by atomic mass is 32.2. The van der Waals surface area contributed by atoms with E-state index in [0.717, 1.165) is 38.7 Å². The third kappa shape index (κ3) is 9.34. The molecule has 0 unspecified atom stereocenters. The average Bonchev–Trinajstić information content (AvgIpc) is 3.86. The highest BCUT2D eigenvalue weighted by Gasteiger charge is 2.28. The topological polar surface area (TPSA) is 202 Å². The Kier molecular flexibility index (Phi) is 11.7. The number of fused-ring (bicyclic) bond motifs is 2. The normalized spacial score (nSPS) is 13.2. The summed E-state index contributed by atoms with van der Waals surface area (Å²) in [6.45, 7) is 1.74. The lowest BCUT2D eigenvalue weighted by atomic mass is 9.94. The number of pyridine rings is 1. The molecule has 294 valence electrons. The number of sulfonamides is 1. The SMILES string of the molecule is CN(C)CC[C@H](COc1ccccc1)Nc1ccc(S(=O)(=O)NC(=O)c2csc(N3CCc4cccc(C(=O)Nc5nc6ccncc6s5)c4C3)n2)cc1[N+](=O)[O-]. The highest BCUT2D eigenvalue weighted by molar-refractivity contribution is 7.90. The van der Waals surface area contributed by atoms with Crippen LogP contribution >= 0.6 is 22.7 Å². The first-order valence-electron chi connectivity index (χ1n) is 17.7. The molecule has 3 aromatic heterocycles. The number of carbonyl (C=O) groups excluding carboxylic acids is 2. The molecule has 3 aromatic carbocycles. The largest absolute Gasteiger partial charge is 0.491 e. The molecule has 4 heterocycles. The van der Waals surface area contributed by atoms with Gasteiger partial charge in [-0.25, -0.2) is 23.1 Å². The van der Waals surface area contributed by atoms with Gasteiger partial charge in [-0.15, -0.1) is 11.3 Å². The fourth-order valence-corrected chi connectivity index (χ4v) is 8.84. The molecule has 0 aliphatic carbocycles. The molecule has 0 saturated carbocycles. The fraction of sp³-hybridized carbons (Fsp3) is 0.237. The van der Waals surface area contributed by atoms with Crippen molar-refractivity contribution in [2.75, 3.05) is 49.3 Å². The van der Waals surface area contributed by atoms with Gasteiger partial charge in [-0.3, -0.25) is 30.0 Å². The minimum Gasteiger partial charge on any atom is -0.491 e. The number of nitro benzene ring substituents is 1. The Morgan fingerprint density at radius 1 is 1.05 bits per heavy atom. The Labute approximate surface area is 335 Å². The maximum atomic E-state index is 13.4. The van der Waals surface area contributed by atoms with Crippen molar-refractivity contribution in [2.24, 2.45) is 0 Å². The fourth-order valence-electron chi connectivity index (χ4n) is 6.20. The maximum absolute atomic E-state index is 13.4. The molecule has 0 fully saturated rings. The minimum absolute atomic E-state index is 0.105. The van der Waals surface area contributed by atoms with Crippen LogP contribution in [0, 0.1) is 10.1 Å². The van der Waals surface area contributed by atoms with Gasteiger partial charge in [0.15, 0.2) is 10.3 Å². The van der Waals surface area contributed by atoms with Gasteiger partial charge in [-0.2, -0.15) is 0 Å². The number of anilines is 3. The molecular weight excluding hydrogens is 791 g/mol. The van der Waals surface area contributed by atoms with E-state index in [1.165, 1.54) is 28.8 Å². The van der Waals surface area contributed by atoms with Gasteiger partial charge in [0.2, 0.25) is 0 Å². The zero-order valence-electron chi connectivity index (χ0n) is 30.7. The van der Waals surface area contributed by atoms with Gasteiger partial charge < -0.3 is 19.9 Å². The van der Waals surface area contributed by atoms with E-state index < -0.39 is 31.4 Å². The van der Waals surface area contributed by atoms with Gasteiger partial charge in [-0.05, 0) is 81.0 Å². The van der Waals surface area contributed by atoms with E-state index in [-0.39, 0.29) is 29.9 Å². The molecule has 2 amide bonds. The number of carbonyl (C=O) groups is 2. The van der Waals surface area contributed by atoms with E-state index in [0.29, 0.717) is 54.1 Å². The molecule has 19 heteroatoms. The summed E-state index contributed by atoms with van der Waals surface area (Å²) in [5.74, 6) is -0.661. The van der Waals surface area contributed by atoms with Crippen LogP contribution in [-0.2, 0) is 23.0 Å². The molecule has 0 spiro atoms. The molecule has 7 rings (SSSR count). The number of hydrogen-bond acceptors (Lipinski definition) is 15. The lowest BCUT2D eigenvalue weighted by Crippen LogP contribution is -2.33. The monoisotopic (exact) mass is 827 g/mol. The Morgan fingerprint density at radius 2 is 1.88 bits per heavy atom. The lowest BCUT2D eigenvalue weighted by molar-refractivity contribution is -0.384. The van der Waals surface area contributed by atoms with Crippen molar-refractivity contribution in [1.29, 1.82) is 0 Å². The summed E-state index contributed by atoms with van der Waals surface area (Å²) in [6.07, 6.45) is 4.52. The van der Waals surface area contributed by atoms with Crippen molar-refractivity contribution in [2.45, 2.75) is 30.3 Å². The third-order valence-electron chi connectivity index (χ3n) is 9.11. The number of rotatable bonds is 15. The lowest BCUT2D eigenvalue weighted by Gasteiger charge is -2.29. The first-order valence-corrected chi connectivity index (χ1v) is 20.9. The minimum atomic E-state index is -4.55. The summed E-state index contributed by atoms with van der Waals surface area (Å²) in [5.41, 5.74) is 2.51. The van der Waals surface area contributed by atoms with E-state index in [2.05, 4.69) is 25.6 Å². The van der Waals surface area contributed by atoms with Gasteiger partial charge in [-0.1, -0.05) is 41.7 Å². The molecule has 0 bridgehead atoms. The number of nitrogens with zero attached hydrogens (tertiary/aromatic N) is 6. The second kappa shape index (κ2) is 17.0. The number of thiazole rings is 2. The summed E-state index contributed by atoms with van der Waals surface area (Å²) in [5, 5.41) is 20.6. The van der Waals surface area contributed by atoms with Gasteiger partial charge in [0.05, 0.1) is 26.1 Å². The van der Waals surface area contributed by atoms with Gasteiger partial charge >= 0.3 is 0 Å². The highest BCUT2D eigenvalue weighted by Crippen LogP contribution is 2.32. The van der Waals surface area contributed by atoms with Crippen molar-refractivity contribution < 1.29 is 27.7 Å². The van der Waals surface area contributed by atoms with Crippen LogP contribution in [0.5, 0.6) is 5.75 Å². The Hall–Kier alpha value is -6.02. The third-order valence-corrected chi connectivity index (χ3v) is 12.3. The van der Waals surface area contributed by atoms with Crippen molar-refractivity contribution in [3.05, 3.63) is 123 Å². The maximum Gasteiger partial charge on any atom is 0.293 e. The number of ether oxygens (including phenoxy) is 1.